The highest BCUT2D eigenvalue weighted by Crippen LogP contribution is 2.24. The maximum atomic E-state index is 13.1. The number of rotatable bonds is 6. The summed E-state index contributed by atoms with van der Waals surface area (Å²) in [5.41, 5.74) is 2.68. The SMILES string of the molecule is CC(=O)Nc1ccc(S(=O)(=O)N2CCN(c3cc(Nc4ccc(C)cc4)nc(C)n3)CC2)cc1. The number of hydrogen-bond donors (Lipinski definition) is 2. The van der Waals surface area contributed by atoms with Crippen LogP contribution in [0.3, 0.4) is 0 Å². The van der Waals surface area contributed by atoms with Gasteiger partial charge in [-0.25, -0.2) is 18.4 Å². The molecule has 2 heterocycles. The fourth-order valence-corrected chi connectivity index (χ4v) is 5.21. The van der Waals surface area contributed by atoms with Gasteiger partial charge in [-0.3, -0.25) is 4.79 Å². The Balaban J connectivity index is 1.43. The third kappa shape index (κ3) is 5.52. The molecule has 4 rings (SSSR count). The van der Waals surface area contributed by atoms with E-state index >= 15 is 0 Å². The minimum absolute atomic E-state index is 0.205. The molecule has 178 valence electrons. The van der Waals surface area contributed by atoms with E-state index in [-0.39, 0.29) is 10.8 Å². The third-order valence-electron chi connectivity index (χ3n) is 5.52. The van der Waals surface area contributed by atoms with Gasteiger partial charge in [-0.2, -0.15) is 4.31 Å². The molecule has 1 aliphatic rings. The second kappa shape index (κ2) is 9.78. The lowest BCUT2D eigenvalue weighted by Crippen LogP contribution is -2.49. The monoisotopic (exact) mass is 480 g/mol. The van der Waals surface area contributed by atoms with Crippen LogP contribution < -0.4 is 15.5 Å². The summed E-state index contributed by atoms with van der Waals surface area (Å²) in [6.45, 7) is 7.02. The Bertz CT molecular complexity index is 1270. The number of nitrogens with one attached hydrogen (secondary N) is 2. The first-order valence-corrected chi connectivity index (χ1v) is 12.5. The number of aryl methyl sites for hydroxylation is 2. The zero-order valence-corrected chi connectivity index (χ0v) is 20.3. The molecular formula is C24H28N6O3S. The molecule has 0 radical (unpaired) electrons. The molecule has 2 aromatic carbocycles. The Morgan fingerprint density at radius 2 is 1.50 bits per heavy atom. The number of sulfonamides is 1. The molecule has 0 saturated carbocycles. The summed E-state index contributed by atoms with van der Waals surface area (Å²) < 4.78 is 27.6. The van der Waals surface area contributed by atoms with Gasteiger partial charge >= 0.3 is 0 Å². The van der Waals surface area contributed by atoms with Crippen LogP contribution in [0.2, 0.25) is 0 Å². The number of carbonyl (C=O) groups excluding carboxylic acids is 1. The standard InChI is InChI=1S/C24H28N6O3S/c1-17-4-6-21(7-5-17)28-23-16-24(26-18(2)25-23)29-12-14-30(15-13-29)34(32,33)22-10-8-20(9-11-22)27-19(3)31/h4-11,16H,12-15H2,1-3H3,(H,27,31)(H,25,26,28). The van der Waals surface area contributed by atoms with Gasteiger partial charge < -0.3 is 15.5 Å². The van der Waals surface area contributed by atoms with Crippen molar-refractivity contribution >= 4 is 38.9 Å². The summed E-state index contributed by atoms with van der Waals surface area (Å²) in [6.07, 6.45) is 0. The molecule has 0 spiro atoms. The Kier molecular flexibility index (Phi) is 6.80. The summed E-state index contributed by atoms with van der Waals surface area (Å²) in [5.74, 6) is 1.89. The van der Waals surface area contributed by atoms with E-state index in [9.17, 15) is 13.2 Å². The molecule has 1 saturated heterocycles. The van der Waals surface area contributed by atoms with Crippen molar-refractivity contribution < 1.29 is 13.2 Å². The van der Waals surface area contributed by atoms with Crippen LogP contribution in [0.15, 0.2) is 59.5 Å². The zero-order chi connectivity index (χ0) is 24.3. The van der Waals surface area contributed by atoms with E-state index in [1.807, 2.05) is 44.2 Å². The van der Waals surface area contributed by atoms with Crippen LogP contribution in [0.5, 0.6) is 0 Å². The molecule has 2 N–H and O–H groups in total. The second-order valence-corrected chi connectivity index (χ2v) is 10.2. The van der Waals surface area contributed by atoms with Gasteiger partial charge in [-0.1, -0.05) is 17.7 Å². The number of carbonyl (C=O) groups is 1. The largest absolute Gasteiger partial charge is 0.354 e. The summed E-state index contributed by atoms with van der Waals surface area (Å²) in [4.78, 5) is 22.5. The van der Waals surface area contributed by atoms with E-state index in [1.165, 1.54) is 28.9 Å². The van der Waals surface area contributed by atoms with Crippen molar-refractivity contribution in [3.05, 3.63) is 66.0 Å². The molecule has 10 heteroatoms. The number of amides is 1. The van der Waals surface area contributed by atoms with Crippen molar-refractivity contribution in [1.82, 2.24) is 14.3 Å². The number of piperazine rings is 1. The molecule has 0 aliphatic carbocycles. The highest BCUT2D eigenvalue weighted by atomic mass is 32.2. The van der Waals surface area contributed by atoms with E-state index < -0.39 is 10.0 Å². The van der Waals surface area contributed by atoms with E-state index in [4.69, 9.17) is 0 Å². The van der Waals surface area contributed by atoms with Gasteiger partial charge in [-0.05, 0) is 50.2 Å². The number of benzene rings is 2. The molecule has 0 bridgehead atoms. The zero-order valence-electron chi connectivity index (χ0n) is 19.4. The fraction of sp³-hybridized carbons (Fsp3) is 0.292. The van der Waals surface area contributed by atoms with E-state index in [1.54, 1.807) is 12.1 Å². The molecular weight excluding hydrogens is 452 g/mol. The highest BCUT2D eigenvalue weighted by Gasteiger charge is 2.29. The normalized spacial score (nSPS) is 14.6. The van der Waals surface area contributed by atoms with Crippen LogP contribution in [0.1, 0.15) is 18.3 Å². The van der Waals surface area contributed by atoms with E-state index in [0.717, 1.165) is 11.5 Å². The number of aromatic nitrogens is 2. The van der Waals surface area contributed by atoms with Crippen molar-refractivity contribution in [2.45, 2.75) is 25.7 Å². The first-order valence-electron chi connectivity index (χ1n) is 11.0. The molecule has 0 atom stereocenters. The van der Waals surface area contributed by atoms with Gasteiger partial charge in [0.1, 0.15) is 17.5 Å². The average molecular weight is 481 g/mol. The van der Waals surface area contributed by atoms with Gasteiger partial charge in [0.2, 0.25) is 15.9 Å². The molecule has 0 unspecified atom stereocenters. The van der Waals surface area contributed by atoms with Gasteiger partial charge in [-0.15, -0.1) is 0 Å². The molecule has 9 nitrogen and oxygen atoms in total. The van der Waals surface area contributed by atoms with Crippen molar-refractivity contribution in [3.63, 3.8) is 0 Å². The predicted octanol–water partition coefficient (Wildman–Crippen LogP) is 3.31. The van der Waals surface area contributed by atoms with E-state index in [2.05, 4.69) is 25.5 Å². The first-order chi connectivity index (χ1) is 16.2. The van der Waals surface area contributed by atoms with Crippen molar-refractivity contribution in [1.29, 1.82) is 0 Å². The quantitative estimate of drug-likeness (QED) is 0.557. The van der Waals surface area contributed by atoms with Crippen LogP contribution in [-0.4, -0.2) is 54.8 Å². The Labute approximate surface area is 199 Å². The first kappa shape index (κ1) is 23.7. The smallest absolute Gasteiger partial charge is 0.243 e. The highest BCUT2D eigenvalue weighted by molar-refractivity contribution is 7.89. The Morgan fingerprint density at radius 1 is 0.882 bits per heavy atom. The third-order valence-corrected chi connectivity index (χ3v) is 7.44. The van der Waals surface area contributed by atoms with Crippen LogP contribution >= 0.6 is 0 Å². The Hall–Kier alpha value is -3.50. The molecule has 1 fully saturated rings. The van der Waals surface area contributed by atoms with Crippen molar-refractivity contribution in [3.8, 4) is 0 Å². The van der Waals surface area contributed by atoms with Gasteiger partial charge in [0, 0.05) is 50.5 Å². The summed E-state index contributed by atoms with van der Waals surface area (Å²) in [7, 11) is -3.62. The molecule has 1 amide bonds. The lowest BCUT2D eigenvalue weighted by molar-refractivity contribution is -0.114. The average Bonchev–Trinajstić information content (AvgIpc) is 2.80. The summed E-state index contributed by atoms with van der Waals surface area (Å²) >= 11 is 0. The van der Waals surface area contributed by atoms with Crippen LogP contribution in [-0.2, 0) is 14.8 Å². The van der Waals surface area contributed by atoms with Crippen LogP contribution in [0, 0.1) is 13.8 Å². The minimum Gasteiger partial charge on any atom is -0.354 e. The minimum atomic E-state index is -3.62. The predicted molar refractivity (Wildman–Crippen MR) is 133 cm³/mol. The topological polar surface area (TPSA) is 108 Å². The maximum absolute atomic E-state index is 13.1. The van der Waals surface area contributed by atoms with E-state index in [0.29, 0.717) is 43.5 Å². The maximum Gasteiger partial charge on any atom is 0.243 e. The molecule has 3 aromatic rings. The molecule has 1 aromatic heterocycles. The van der Waals surface area contributed by atoms with Gasteiger partial charge in [0.25, 0.3) is 0 Å². The lowest BCUT2D eigenvalue weighted by Gasteiger charge is -2.34. The lowest BCUT2D eigenvalue weighted by atomic mass is 10.2. The van der Waals surface area contributed by atoms with Crippen molar-refractivity contribution in [2.24, 2.45) is 0 Å². The number of nitrogens with zero attached hydrogens (tertiary/aromatic N) is 4. The summed E-state index contributed by atoms with van der Waals surface area (Å²) in [5, 5.41) is 5.95. The second-order valence-electron chi connectivity index (χ2n) is 8.25. The number of anilines is 4. The molecule has 1 aliphatic heterocycles. The van der Waals surface area contributed by atoms with Crippen LogP contribution in [0.25, 0.3) is 0 Å². The van der Waals surface area contributed by atoms with Gasteiger partial charge in [0.05, 0.1) is 4.90 Å². The fourth-order valence-electron chi connectivity index (χ4n) is 3.78. The van der Waals surface area contributed by atoms with Crippen molar-refractivity contribution in [2.75, 3.05) is 41.7 Å². The molecule has 34 heavy (non-hydrogen) atoms. The summed E-state index contributed by atoms with van der Waals surface area (Å²) in [6, 6.07) is 16.2. The van der Waals surface area contributed by atoms with Gasteiger partial charge in [0.15, 0.2) is 0 Å². The Morgan fingerprint density at radius 3 is 2.12 bits per heavy atom. The number of hydrogen-bond acceptors (Lipinski definition) is 7. The van der Waals surface area contributed by atoms with Crippen LogP contribution in [0.4, 0.5) is 23.0 Å².